The van der Waals surface area contributed by atoms with E-state index in [2.05, 4.69) is 200 Å². The van der Waals surface area contributed by atoms with Gasteiger partial charge in [-0.05, 0) is 108 Å². The number of thiazole rings is 1. The van der Waals surface area contributed by atoms with Gasteiger partial charge < -0.3 is 0 Å². The first-order valence-corrected chi connectivity index (χ1v) is 18.9. The van der Waals surface area contributed by atoms with E-state index in [-0.39, 0.29) is 0 Å². The van der Waals surface area contributed by atoms with Gasteiger partial charge in [0.15, 0.2) is 0 Å². The Hall–Kier alpha value is -6.61. The van der Waals surface area contributed by atoms with Crippen LogP contribution in [0.3, 0.4) is 0 Å². The Bertz CT molecular complexity index is 2890. The summed E-state index contributed by atoms with van der Waals surface area (Å²) in [7, 11) is 0. The van der Waals surface area contributed by atoms with Gasteiger partial charge in [0.25, 0.3) is 0 Å². The number of hydrogen-bond acceptors (Lipinski definition) is 2. The highest BCUT2D eigenvalue weighted by atomic mass is 32.1. The maximum absolute atomic E-state index is 4.91. The summed E-state index contributed by atoms with van der Waals surface area (Å²) in [5, 5.41) is 6.02. The molecule has 0 aliphatic rings. The standard InChI is InChI=1S/C51H33NS/c1-3-13-34(14-4-1)38-17-11-19-41(31-38)49-43-21-7-8-22-44(43)50(42-20-12-18-39(32-42)35-15-5-2-6-16-35)46-33-40(29-30-45(46)49)36-25-27-37(28-26-36)51-52-47-23-9-10-24-48(47)53-51/h1-33H. The van der Waals surface area contributed by atoms with Gasteiger partial charge in [-0.2, -0.15) is 0 Å². The summed E-state index contributed by atoms with van der Waals surface area (Å²) in [6.45, 7) is 0. The molecule has 0 aliphatic carbocycles. The number of rotatable bonds is 6. The third-order valence-electron chi connectivity index (χ3n) is 10.3. The predicted octanol–water partition coefficient (Wildman–Crippen LogP) is 14.6. The summed E-state index contributed by atoms with van der Waals surface area (Å²) in [6.07, 6.45) is 0. The van der Waals surface area contributed by atoms with E-state index in [1.165, 1.54) is 81.9 Å². The third kappa shape index (κ3) is 5.70. The van der Waals surface area contributed by atoms with Gasteiger partial charge in [-0.1, -0.05) is 170 Å². The molecule has 248 valence electrons. The van der Waals surface area contributed by atoms with Crippen LogP contribution in [0, 0.1) is 0 Å². The van der Waals surface area contributed by atoms with E-state index in [0.29, 0.717) is 0 Å². The van der Waals surface area contributed by atoms with E-state index in [1.807, 2.05) is 0 Å². The molecule has 9 aromatic carbocycles. The Morgan fingerprint density at radius 2 is 0.717 bits per heavy atom. The fourth-order valence-corrected chi connectivity index (χ4v) is 8.72. The van der Waals surface area contributed by atoms with Crippen molar-refractivity contribution in [1.82, 2.24) is 4.98 Å². The molecule has 1 aromatic heterocycles. The van der Waals surface area contributed by atoms with Crippen molar-refractivity contribution in [1.29, 1.82) is 0 Å². The molecule has 0 spiro atoms. The van der Waals surface area contributed by atoms with Crippen LogP contribution in [0.5, 0.6) is 0 Å². The molecule has 2 heteroatoms. The molecule has 0 bridgehead atoms. The van der Waals surface area contributed by atoms with E-state index in [0.717, 1.165) is 16.1 Å². The number of para-hydroxylation sites is 1. The molecule has 0 atom stereocenters. The lowest BCUT2D eigenvalue weighted by Crippen LogP contribution is -1.92. The van der Waals surface area contributed by atoms with Gasteiger partial charge >= 0.3 is 0 Å². The minimum Gasteiger partial charge on any atom is -0.236 e. The van der Waals surface area contributed by atoms with Crippen molar-refractivity contribution in [3.05, 3.63) is 200 Å². The average Bonchev–Trinajstić information content (AvgIpc) is 3.68. The van der Waals surface area contributed by atoms with E-state index in [4.69, 9.17) is 4.98 Å². The van der Waals surface area contributed by atoms with Crippen LogP contribution < -0.4 is 0 Å². The van der Waals surface area contributed by atoms with Gasteiger partial charge in [-0.15, -0.1) is 11.3 Å². The van der Waals surface area contributed by atoms with Crippen molar-refractivity contribution in [2.24, 2.45) is 0 Å². The summed E-state index contributed by atoms with van der Waals surface area (Å²) < 4.78 is 1.21. The van der Waals surface area contributed by atoms with Gasteiger partial charge in [0.1, 0.15) is 5.01 Å². The van der Waals surface area contributed by atoms with Crippen molar-refractivity contribution in [3.63, 3.8) is 0 Å². The summed E-state index contributed by atoms with van der Waals surface area (Å²) >= 11 is 1.74. The molecule has 0 saturated carbocycles. The van der Waals surface area contributed by atoms with Crippen LogP contribution in [0.2, 0.25) is 0 Å². The molecule has 1 heterocycles. The monoisotopic (exact) mass is 691 g/mol. The van der Waals surface area contributed by atoms with Crippen LogP contribution in [0.15, 0.2) is 200 Å². The Labute approximate surface area is 313 Å². The Balaban J connectivity index is 1.19. The number of hydrogen-bond donors (Lipinski definition) is 0. The molecular formula is C51H33NS. The summed E-state index contributed by atoms with van der Waals surface area (Å²) in [4.78, 5) is 4.91. The molecule has 0 fully saturated rings. The van der Waals surface area contributed by atoms with Gasteiger partial charge in [0, 0.05) is 5.56 Å². The lowest BCUT2D eigenvalue weighted by Gasteiger charge is -2.19. The molecule has 0 unspecified atom stereocenters. The second-order valence-electron chi connectivity index (χ2n) is 13.5. The number of nitrogens with zero attached hydrogens (tertiary/aromatic N) is 1. The average molecular weight is 692 g/mol. The van der Waals surface area contributed by atoms with E-state index in [1.54, 1.807) is 11.3 Å². The number of aromatic nitrogens is 1. The number of fused-ring (bicyclic) bond motifs is 3. The van der Waals surface area contributed by atoms with Crippen molar-refractivity contribution >= 4 is 43.1 Å². The minimum absolute atomic E-state index is 1.05. The molecule has 1 nitrogen and oxygen atoms in total. The van der Waals surface area contributed by atoms with E-state index in [9.17, 15) is 0 Å². The summed E-state index contributed by atoms with van der Waals surface area (Å²) in [6, 6.07) is 72.6. The largest absolute Gasteiger partial charge is 0.236 e. The van der Waals surface area contributed by atoms with Crippen LogP contribution in [0.25, 0.3) is 98.0 Å². The maximum atomic E-state index is 4.91. The van der Waals surface area contributed by atoms with Crippen molar-refractivity contribution in [2.45, 2.75) is 0 Å². The normalized spacial score (nSPS) is 11.4. The first kappa shape index (κ1) is 31.2. The third-order valence-corrected chi connectivity index (χ3v) is 11.4. The van der Waals surface area contributed by atoms with Gasteiger partial charge in [-0.25, -0.2) is 4.98 Å². The molecule has 0 aliphatic heterocycles. The van der Waals surface area contributed by atoms with Crippen molar-refractivity contribution in [3.8, 4) is 66.2 Å². The fourth-order valence-electron chi connectivity index (χ4n) is 7.75. The molecular weight excluding hydrogens is 659 g/mol. The summed E-state index contributed by atoms with van der Waals surface area (Å²) in [5.74, 6) is 0. The quantitative estimate of drug-likeness (QED) is 0.158. The lowest BCUT2D eigenvalue weighted by molar-refractivity contribution is 1.48. The van der Waals surface area contributed by atoms with Crippen molar-refractivity contribution in [2.75, 3.05) is 0 Å². The van der Waals surface area contributed by atoms with Crippen LogP contribution in [0.1, 0.15) is 0 Å². The van der Waals surface area contributed by atoms with Crippen LogP contribution >= 0.6 is 11.3 Å². The van der Waals surface area contributed by atoms with Crippen LogP contribution in [0.4, 0.5) is 0 Å². The molecule has 10 rings (SSSR count). The Morgan fingerprint density at radius 3 is 1.34 bits per heavy atom. The molecule has 53 heavy (non-hydrogen) atoms. The van der Waals surface area contributed by atoms with Gasteiger partial charge in [0.05, 0.1) is 10.2 Å². The highest BCUT2D eigenvalue weighted by Gasteiger charge is 2.19. The minimum atomic E-state index is 1.05. The first-order valence-electron chi connectivity index (χ1n) is 18.0. The van der Waals surface area contributed by atoms with Gasteiger partial charge in [-0.3, -0.25) is 0 Å². The lowest BCUT2D eigenvalue weighted by atomic mass is 9.84. The van der Waals surface area contributed by atoms with E-state index < -0.39 is 0 Å². The predicted molar refractivity (Wildman–Crippen MR) is 227 cm³/mol. The highest BCUT2D eigenvalue weighted by molar-refractivity contribution is 7.21. The Morgan fingerprint density at radius 1 is 0.283 bits per heavy atom. The second kappa shape index (κ2) is 13.2. The molecule has 0 N–H and O–H groups in total. The zero-order valence-electron chi connectivity index (χ0n) is 28.9. The highest BCUT2D eigenvalue weighted by Crippen LogP contribution is 2.46. The molecule has 0 saturated heterocycles. The zero-order chi connectivity index (χ0) is 35.1. The summed E-state index contributed by atoms with van der Waals surface area (Å²) in [5.41, 5.74) is 14.3. The molecule has 0 amide bonds. The molecule has 10 aromatic rings. The fraction of sp³-hybridized carbons (Fsp3) is 0. The second-order valence-corrected chi connectivity index (χ2v) is 14.5. The Kier molecular flexibility index (Phi) is 7.74. The van der Waals surface area contributed by atoms with Crippen LogP contribution in [-0.2, 0) is 0 Å². The smallest absolute Gasteiger partial charge is 0.124 e. The number of benzene rings is 9. The first-order chi connectivity index (χ1) is 26.3. The van der Waals surface area contributed by atoms with Crippen LogP contribution in [-0.4, -0.2) is 4.98 Å². The van der Waals surface area contributed by atoms with Gasteiger partial charge in [0.2, 0.25) is 0 Å². The zero-order valence-corrected chi connectivity index (χ0v) is 29.7. The van der Waals surface area contributed by atoms with E-state index >= 15 is 0 Å². The van der Waals surface area contributed by atoms with Crippen molar-refractivity contribution < 1.29 is 0 Å². The SMILES string of the molecule is c1ccc(-c2cccc(-c3c4ccccc4c(-c4cccc(-c5ccccc5)c4)c4cc(-c5ccc(-c6nc7ccccc7s6)cc5)ccc34)c2)cc1. The topological polar surface area (TPSA) is 12.9 Å². The molecule has 0 radical (unpaired) electrons. The maximum Gasteiger partial charge on any atom is 0.124 e.